The quantitative estimate of drug-likeness (QED) is 0.207. The van der Waals surface area contributed by atoms with Gasteiger partial charge in [-0.3, -0.25) is 9.78 Å². The maximum Gasteiger partial charge on any atom is 0.307 e. The van der Waals surface area contributed by atoms with Crippen molar-refractivity contribution in [2.45, 2.75) is 33.4 Å². The van der Waals surface area contributed by atoms with Crippen LogP contribution in [0.1, 0.15) is 29.3 Å². The molecule has 0 aliphatic rings. The van der Waals surface area contributed by atoms with Crippen molar-refractivity contribution in [1.82, 2.24) is 15.3 Å². The Bertz CT molecular complexity index is 1240. The van der Waals surface area contributed by atoms with Crippen molar-refractivity contribution in [3.05, 3.63) is 94.7 Å². The van der Waals surface area contributed by atoms with Crippen LogP contribution in [0.15, 0.2) is 65.8 Å². The van der Waals surface area contributed by atoms with Crippen molar-refractivity contribution in [3.8, 4) is 16.9 Å². The Morgan fingerprint density at radius 3 is 2.69 bits per heavy atom. The SMILES string of the molecule is [C-]#[N+]NC(=NCc1ccccn1)N(CC)Cc1cc(C)ccc1-c1cc(CC(=O)O)ccc1OC. The summed E-state index contributed by atoms with van der Waals surface area (Å²) in [5.74, 6) is 0.240. The average molecular weight is 472 g/mol. The van der Waals surface area contributed by atoms with Gasteiger partial charge in [0, 0.05) is 24.8 Å². The molecule has 2 aromatic carbocycles. The fourth-order valence-corrected chi connectivity index (χ4v) is 3.81. The number of carboxylic acids is 1. The van der Waals surface area contributed by atoms with Crippen LogP contribution in [0, 0.1) is 13.5 Å². The van der Waals surface area contributed by atoms with E-state index in [2.05, 4.69) is 26.4 Å². The van der Waals surface area contributed by atoms with E-state index < -0.39 is 5.97 Å². The first kappa shape index (κ1) is 25.2. The monoisotopic (exact) mass is 471 g/mol. The lowest BCUT2D eigenvalue weighted by Crippen LogP contribution is -2.38. The third-order valence-electron chi connectivity index (χ3n) is 5.49. The van der Waals surface area contributed by atoms with Crippen molar-refractivity contribution in [3.63, 3.8) is 0 Å². The van der Waals surface area contributed by atoms with Crippen LogP contribution in [0.5, 0.6) is 5.75 Å². The first-order valence-electron chi connectivity index (χ1n) is 11.3. The smallest absolute Gasteiger partial charge is 0.307 e. The number of nitrogens with one attached hydrogen (secondary N) is 1. The number of aryl methyl sites for hydroxylation is 1. The number of aromatic nitrogens is 1. The summed E-state index contributed by atoms with van der Waals surface area (Å²) < 4.78 is 5.61. The number of benzene rings is 2. The molecule has 35 heavy (non-hydrogen) atoms. The average Bonchev–Trinajstić information content (AvgIpc) is 2.85. The number of guanidine groups is 1. The Kier molecular flexibility index (Phi) is 8.79. The summed E-state index contributed by atoms with van der Waals surface area (Å²) in [6, 6.07) is 17.2. The first-order valence-corrected chi connectivity index (χ1v) is 11.3. The van der Waals surface area contributed by atoms with Gasteiger partial charge in [0.25, 0.3) is 5.96 Å². The van der Waals surface area contributed by atoms with Gasteiger partial charge in [0.05, 0.1) is 25.8 Å². The van der Waals surface area contributed by atoms with Gasteiger partial charge in [0.15, 0.2) is 0 Å². The summed E-state index contributed by atoms with van der Waals surface area (Å²) in [7, 11) is 1.60. The zero-order valence-corrected chi connectivity index (χ0v) is 20.2. The van der Waals surface area contributed by atoms with Crippen molar-refractivity contribution >= 4 is 11.9 Å². The Hall–Kier alpha value is -4.38. The number of pyridine rings is 1. The number of carboxylic acid groups (broad SMARTS) is 1. The van der Waals surface area contributed by atoms with Crippen LogP contribution < -0.4 is 10.2 Å². The number of rotatable bonds is 9. The summed E-state index contributed by atoms with van der Waals surface area (Å²) in [5, 5.41) is 9.25. The largest absolute Gasteiger partial charge is 0.496 e. The second kappa shape index (κ2) is 12.2. The van der Waals surface area contributed by atoms with Crippen molar-refractivity contribution in [1.29, 1.82) is 0 Å². The predicted octanol–water partition coefficient (Wildman–Crippen LogP) is 4.49. The highest BCUT2D eigenvalue weighted by Crippen LogP contribution is 2.34. The van der Waals surface area contributed by atoms with E-state index in [4.69, 9.17) is 11.3 Å². The van der Waals surface area contributed by atoms with E-state index in [-0.39, 0.29) is 6.42 Å². The molecule has 2 N–H and O–H groups in total. The number of ether oxygens (including phenoxy) is 1. The van der Waals surface area contributed by atoms with Gasteiger partial charge in [0.2, 0.25) is 0 Å². The fraction of sp³-hybridized carbons (Fsp3) is 0.259. The maximum absolute atomic E-state index is 11.3. The molecule has 0 amide bonds. The first-order chi connectivity index (χ1) is 16.9. The lowest BCUT2D eigenvalue weighted by Gasteiger charge is -2.24. The van der Waals surface area contributed by atoms with Gasteiger partial charge in [-0.2, -0.15) is 11.5 Å². The molecule has 0 fully saturated rings. The van der Waals surface area contributed by atoms with Crippen LogP contribution in [0.2, 0.25) is 0 Å². The second-order valence-corrected chi connectivity index (χ2v) is 7.96. The lowest BCUT2D eigenvalue weighted by molar-refractivity contribution is -0.136. The van der Waals surface area contributed by atoms with Gasteiger partial charge in [-0.15, -0.1) is 0 Å². The highest BCUT2D eigenvalue weighted by molar-refractivity contribution is 5.81. The summed E-state index contributed by atoms with van der Waals surface area (Å²) in [4.78, 5) is 25.6. The molecule has 1 heterocycles. The topological polar surface area (TPSA) is 91.4 Å². The van der Waals surface area contributed by atoms with Crippen LogP contribution in [-0.2, 0) is 24.3 Å². The van der Waals surface area contributed by atoms with Gasteiger partial charge < -0.3 is 14.7 Å². The zero-order valence-electron chi connectivity index (χ0n) is 20.2. The van der Waals surface area contributed by atoms with Gasteiger partial charge in [0.1, 0.15) is 5.75 Å². The number of nitrogens with zero attached hydrogens (tertiary/aromatic N) is 4. The van der Waals surface area contributed by atoms with E-state index in [9.17, 15) is 9.90 Å². The van der Waals surface area contributed by atoms with E-state index >= 15 is 0 Å². The predicted molar refractivity (Wildman–Crippen MR) is 136 cm³/mol. The molecule has 1 aromatic heterocycles. The molecule has 3 aromatic rings. The zero-order chi connectivity index (χ0) is 25.2. The number of aliphatic carboxylic acids is 1. The molecule has 0 atom stereocenters. The van der Waals surface area contributed by atoms with E-state index in [0.717, 1.165) is 27.9 Å². The molecule has 0 saturated carbocycles. The van der Waals surface area contributed by atoms with Crippen molar-refractivity contribution in [2.24, 2.45) is 4.99 Å². The molecule has 0 aliphatic carbocycles. The number of hydrogen-bond donors (Lipinski definition) is 2. The van der Waals surface area contributed by atoms with Crippen molar-refractivity contribution in [2.75, 3.05) is 13.7 Å². The van der Waals surface area contributed by atoms with Crippen LogP contribution in [0.3, 0.4) is 0 Å². The van der Waals surface area contributed by atoms with E-state index in [1.54, 1.807) is 25.4 Å². The van der Waals surface area contributed by atoms with E-state index in [1.807, 2.05) is 55.1 Å². The highest BCUT2D eigenvalue weighted by Gasteiger charge is 2.18. The minimum atomic E-state index is -0.888. The summed E-state index contributed by atoms with van der Waals surface area (Å²) in [5.41, 5.74) is 8.06. The molecule has 180 valence electrons. The van der Waals surface area contributed by atoms with Gasteiger partial charge in [-0.25, -0.2) is 4.99 Å². The molecule has 3 rings (SSSR count). The minimum Gasteiger partial charge on any atom is -0.496 e. The molecule has 0 radical (unpaired) electrons. The number of hydrogen-bond acceptors (Lipinski definition) is 4. The fourth-order valence-electron chi connectivity index (χ4n) is 3.81. The molecular weight excluding hydrogens is 442 g/mol. The van der Waals surface area contributed by atoms with Gasteiger partial charge >= 0.3 is 5.97 Å². The van der Waals surface area contributed by atoms with Crippen LogP contribution in [-0.4, -0.2) is 40.6 Å². The third-order valence-corrected chi connectivity index (χ3v) is 5.49. The Morgan fingerprint density at radius 1 is 1.20 bits per heavy atom. The van der Waals surface area contributed by atoms with Gasteiger partial charge in [-0.1, -0.05) is 41.3 Å². The van der Waals surface area contributed by atoms with Gasteiger partial charge in [-0.05, 0) is 54.8 Å². The molecule has 0 bridgehead atoms. The standard InChI is InChI=1S/C27H29N5O3/c1-5-32(27(31-28-3)30-17-22-8-6-7-13-29-22)18-21-14-19(2)9-11-23(21)24-15-20(16-26(33)34)10-12-25(24)35-4/h6-15H,5,16-18H2,1-2,4H3,(H,30,31)(H,33,34). The molecule has 0 spiro atoms. The lowest BCUT2D eigenvalue weighted by atomic mass is 9.94. The third kappa shape index (κ3) is 6.81. The number of methoxy groups -OCH3 is 1. The number of carbonyl (C=O) groups is 1. The van der Waals surface area contributed by atoms with E-state index in [1.165, 1.54) is 0 Å². The summed E-state index contributed by atoms with van der Waals surface area (Å²) in [6.45, 7) is 12.8. The normalized spacial score (nSPS) is 11.0. The molecule has 0 unspecified atom stereocenters. The number of aliphatic imine (C=N–C) groups is 1. The molecule has 0 aliphatic heterocycles. The van der Waals surface area contributed by atoms with Crippen molar-refractivity contribution < 1.29 is 14.6 Å². The summed E-state index contributed by atoms with van der Waals surface area (Å²) >= 11 is 0. The van der Waals surface area contributed by atoms with E-state index in [0.29, 0.717) is 36.9 Å². The summed E-state index contributed by atoms with van der Waals surface area (Å²) in [6.07, 6.45) is 1.65. The van der Waals surface area contributed by atoms with Crippen LogP contribution in [0.4, 0.5) is 0 Å². The Balaban J connectivity index is 2.00. The van der Waals surface area contributed by atoms with Crippen LogP contribution >= 0.6 is 0 Å². The maximum atomic E-state index is 11.3. The Morgan fingerprint density at radius 2 is 2.03 bits per heavy atom. The molecule has 8 heteroatoms. The Labute approximate surface area is 205 Å². The second-order valence-electron chi connectivity index (χ2n) is 7.96. The molecular formula is C27H29N5O3. The van der Waals surface area contributed by atoms with Crippen LogP contribution in [0.25, 0.3) is 16.1 Å². The molecule has 0 saturated heterocycles. The molecule has 8 nitrogen and oxygen atoms in total. The highest BCUT2D eigenvalue weighted by atomic mass is 16.5. The minimum absolute atomic E-state index is 0.0709.